The Kier molecular flexibility index (Phi) is 5.09. The van der Waals surface area contributed by atoms with Gasteiger partial charge >= 0.3 is 5.97 Å². The second-order valence-electron chi connectivity index (χ2n) is 4.02. The van der Waals surface area contributed by atoms with Crippen molar-refractivity contribution in [2.45, 2.75) is 25.9 Å². The minimum atomic E-state index is -0.474. The van der Waals surface area contributed by atoms with Crippen LogP contribution in [-0.4, -0.2) is 26.2 Å². The van der Waals surface area contributed by atoms with Gasteiger partial charge in [-0.15, -0.1) is 0 Å². The molecule has 0 fully saturated rings. The van der Waals surface area contributed by atoms with Gasteiger partial charge in [0, 0.05) is 11.6 Å². The molecule has 2 atom stereocenters. The molecule has 0 aliphatic carbocycles. The summed E-state index contributed by atoms with van der Waals surface area (Å²) in [4.78, 5) is 11.3. The number of methoxy groups -OCH3 is 2. The van der Waals surface area contributed by atoms with Crippen LogP contribution in [0.3, 0.4) is 0 Å². The zero-order valence-corrected chi connectivity index (χ0v) is 11.0. The van der Waals surface area contributed by atoms with Crippen LogP contribution in [0.2, 0.25) is 0 Å². The Balaban J connectivity index is 2.86. The van der Waals surface area contributed by atoms with Crippen LogP contribution in [-0.2, 0) is 9.53 Å². The molecule has 100 valence electrons. The van der Waals surface area contributed by atoms with Crippen molar-refractivity contribution < 1.29 is 18.7 Å². The number of rotatable bonds is 5. The fourth-order valence-corrected chi connectivity index (χ4v) is 1.75. The van der Waals surface area contributed by atoms with Gasteiger partial charge < -0.3 is 9.47 Å². The normalized spacial score (nSPS) is 13.8. The smallest absolute Gasteiger partial charge is 0.322 e. The van der Waals surface area contributed by atoms with Gasteiger partial charge in [0.15, 0.2) is 0 Å². The number of ether oxygens (including phenoxy) is 2. The van der Waals surface area contributed by atoms with Crippen molar-refractivity contribution in [3.05, 3.63) is 29.6 Å². The molecule has 4 nitrogen and oxygen atoms in total. The number of benzene rings is 1. The number of nitrogens with one attached hydrogen (secondary N) is 1. The number of esters is 1. The van der Waals surface area contributed by atoms with Crippen molar-refractivity contribution in [1.29, 1.82) is 0 Å². The van der Waals surface area contributed by atoms with Crippen molar-refractivity contribution >= 4 is 5.97 Å². The Hall–Kier alpha value is -1.62. The minimum Gasteiger partial charge on any atom is -0.496 e. The van der Waals surface area contributed by atoms with Gasteiger partial charge in [-0.3, -0.25) is 10.1 Å². The molecule has 0 heterocycles. The highest BCUT2D eigenvalue weighted by molar-refractivity contribution is 5.75. The molecule has 0 aromatic heterocycles. The summed E-state index contributed by atoms with van der Waals surface area (Å²) >= 11 is 0. The Labute approximate surface area is 106 Å². The van der Waals surface area contributed by atoms with Gasteiger partial charge in [-0.1, -0.05) is 0 Å². The third-order valence-electron chi connectivity index (χ3n) is 2.71. The van der Waals surface area contributed by atoms with E-state index >= 15 is 0 Å². The lowest BCUT2D eigenvalue weighted by Crippen LogP contribution is -2.36. The first-order valence-electron chi connectivity index (χ1n) is 5.67. The maximum Gasteiger partial charge on any atom is 0.322 e. The molecule has 0 bridgehead atoms. The lowest BCUT2D eigenvalue weighted by Gasteiger charge is -2.20. The number of hydrogen-bond acceptors (Lipinski definition) is 4. The van der Waals surface area contributed by atoms with E-state index in [0.29, 0.717) is 11.3 Å². The largest absolute Gasteiger partial charge is 0.496 e. The predicted molar refractivity (Wildman–Crippen MR) is 66.0 cm³/mol. The second-order valence-corrected chi connectivity index (χ2v) is 4.02. The van der Waals surface area contributed by atoms with Gasteiger partial charge in [-0.05, 0) is 32.0 Å². The van der Waals surface area contributed by atoms with Crippen molar-refractivity contribution in [2.75, 3.05) is 14.2 Å². The first-order valence-corrected chi connectivity index (χ1v) is 5.67. The Morgan fingerprint density at radius 2 is 2.00 bits per heavy atom. The predicted octanol–water partition coefficient (Wildman–Crippen LogP) is 2.05. The fourth-order valence-electron chi connectivity index (χ4n) is 1.75. The summed E-state index contributed by atoms with van der Waals surface area (Å²) < 4.78 is 23.0. The van der Waals surface area contributed by atoms with Crippen LogP contribution < -0.4 is 10.1 Å². The van der Waals surface area contributed by atoms with Crippen LogP contribution in [0.5, 0.6) is 5.75 Å². The first-order chi connectivity index (χ1) is 8.49. The summed E-state index contributed by atoms with van der Waals surface area (Å²) in [7, 11) is 2.85. The van der Waals surface area contributed by atoms with E-state index < -0.39 is 6.04 Å². The Morgan fingerprint density at radius 1 is 1.33 bits per heavy atom. The molecule has 1 aromatic rings. The number of carbonyl (C=O) groups is 1. The summed E-state index contributed by atoms with van der Waals surface area (Å²) in [6.45, 7) is 3.52. The Morgan fingerprint density at radius 3 is 2.56 bits per heavy atom. The molecule has 1 N–H and O–H groups in total. The SMILES string of the molecule is COC(=O)C(C)NC(C)c1cc(F)ccc1OC. The van der Waals surface area contributed by atoms with Crippen molar-refractivity contribution in [2.24, 2.45) is 0 Å². The molecule has 1 aromatic carbocycles. The van der Waals surface area contributed by atoms with E-state index in [0.717, 1.165) is 0 Å². The zero-order valence-electron chi connectivity index (χ0n) is 11.0. The molecule has 0 saturated carbocycles. The van der Waals surface area contributed by atoms with Gasteiger partial charge in [0.2, 0.25) is 0 Å². The summed E-state index contributed by atoms with van der Waals surface area (Å²) in [5.74, 6) is -0.129. The van der Waals surface area contributed by atoms with Crippen molar-refractivity contribution in [3.63, 3.8) is 0 Å². The molecule has 0 aliphatic heterocycles. The summed E-state index contributed by atoms with van der Waals surface area (Å²) in [6.07, 6.45) is 0. The maximum atomic E-state index is 13.2. The van der Waals surface area contributed by atoms with Crippen molar-refractivity contribution in [1.82, 2.24) is 5.32 Å². The fraction of sp³-hybridized carbons (Fsp3) is 0.462. The summed E-state index contributed by atoms with van der Waals surface area (Å²) in [5, 5.41) is 3.03. The van der Waals surface area contributed by atoms with E-state index in [4.69, 9.17) is 4.74 Å². The second kappa shape index (κ2) is 6.35. The lowest BCUT2D eigenvalue weighted by atomic mass is 10.1. The molecule has 0 amide bonds. The highest BCUT2D eigenvalue weighted by Gasteiger charge is 2.19. The van der Waals surface area contributed by atoms with Crippen LogP contribution in [0.25, 0.3) is 0 Å². The first kappa shape index (κ1) is 14.4. The van der Waals surface area contributed by atoms with E-state index in [1.54, 1.807) is 13.0 Å². The van der Waals surface area contributed by atoms with Crippen LogP contribution in [0.15, 0.2) is 18.2 Å². The maximum absolute atomic E-state index is 13.2. The molecule has 0 radical (unpaired) electrons. The van der Waals surface area contributed by atoms with Gasteiger partial charge in [-0.2, -0.15) is 0 Å². The molecular weight excluding hydrogens is 237 g/mol. The number of halogens is 1. The standard InChI is InChI=1S/C13H18FNO3/c1-8(15-9(2)13(16)18-4)11-7-10(14)5-6-12(11)17-3/h5-9,15H,1-4H3. The van der Waals surface area contributed by atoms with Crippen LogP contribution in [0, 0.1) is 5.82 Å². The van der Waals surface area contributed by atoms with Gasteiger partial charge in [-0.25, -0.2) is 4.39 Å². The Bertz CT molecular complexity index is 423. The summed E-state index contributed by atoms with van der Waals surface area (Å²) in [5.41, 5.74) is 0.660. The quantitative estimate of drug-likeness (QED) is 0.818. The molecule has 2 unspecified atom stereocenters. The zero-order chi connectivity index (χ0) is 13.7. The average Bonchev–Trinajstić information content (AvgIpc) is 2.37. The van der Waals surface area contributed by atoms with E-state index in [9.17, 15) is 9.18 Å². The molecule has 1 rings (SSSR count). The minimum absolute atomic E-state index is 0.232. The van der Waals surface area contributed by atoms with E-state index in [1.165, 1.54) is 26.4 Å². The van der Waals surface area contributed by atoms with Gasteiger partial charge in [0.1, 0.15) is 17.6 Å². The lowest BCUT2D eigenvalue weighted by molar-refractivity contribution is -0.142. The number of carbonyl (C=O) groups excluding carboxylic acids is 1. The molecular formula is C13H18FNO3. The highest BCUT2D eigenvalue weighted by Crippen LogP contribution is 2.26. The molecule has 0 aliphatic rings. The third kappa shape index (κ3) is 3.43. The highest BCUT2D eigenvalue weighted by atomic mass is 19.1. The number of hydrogen-bond donors (Lipinski definition) is 1. The monoisotopic (exact) mass is 255 g/mol. The summed E-state index contributed by atoms with van der Waals surface area (Å²) in [6, 6.07) is 3.58. The molecule has 5 heteroatoms. The third-order valence-corrected chi connectivity index (χ3v) is 2.71. The molecule has 0 spiro atoms. The topological polar surface area (TPSA) is 47.6 Å². The molecule has 18 heavy (non-hydrogen) atoms. The molecule has 0 saturated heterocycles. The van der Waals surface area contributed by atoms with Gasteiger partial charge in [0.25, 0.3) is 0 Å². The van der Waals surface area contributed by atoms with Crippen LogP contribution in [0.1, 0.15) is 25.5 Å². The van der Waals surface area contributed by atoms with E-state index in [1.807, 2.05) is 6.92 Å². The van der Waals surface area contributed by atoms with E-state index in [2.05, 4.69) is 10.1 Å². The average molecular weight is 255 g/mol. The van der Waals surface area contributed by atoms with Gasteiger partial charge in [0.05, 0.1) is 14.2 Å². The van der Waals surface area contributed by atoms with E-state index in [-0.39, 0.29) is 17.8 Å². The van der Waals surface area contributed by atoms with Crippen LogP contribution >= 0.6 is 0 Å². The van der Waals surface area contributed by atoms with Crippen molar-refractivity contribution in [3.8, 4) is 5.75 Å². The van der Waals surface area contributed by atoms with Crippen LogP contribution in [0.4, 0.5) is 4.39 Å².